The maximum atomic E-state index is 12.7. The lowest BCUT2D eigenvalue weighted by Gasteiger charge is -2.19. The fraction of sp³-hybridized carbons (Fsp3) is 0.235. The summed E-state index contributed by atoms with van der Waals surface area (Å²) in [6.07, 6.45) is 1.41. The largest absolute Gasteiger partial charge is 0.277 e. The molecule has 130 valence electrons. The summed E-state index contributed by atoms with van der Waals surface area (Å²) in [5.41, 5.74) is 1.97. The minimum atomic E-state index is -3.72. The zero-order valence-corrected chi connectivity index (χ0v) is 15.0. The Hall–Kier alpha value is -2.74. The van der Waals surface area contributed by atoms with E-state index in [1.165, 1.54) is 11.0 Å². The van der Waals surface area contributed by atoms with E-state index in [0.717, 1.165) is 5.56 Å². The van der Waals surface area contributed by atoms with Crippen LogP contribution in [0.1, 0.15) is 26.3 Å². The van der Waals surface area contributed by atoms with Crippen molar-refractivity contribution in [3.63, 3.8) is 0 Å². The molecule has 0 saturated carbocycles. The van der Waals surface area contributed by atoms with Crippen LogP contribution in [-0.4, -0.2) is 28.6 Å². The van der Waals surface area contributed by atoms with Crippen molar-refractivity contribution in [2.24, 2.45) is 0 Å². The summed E-state index contributed by atoms with van der Waals surface area (Å²) in [6.45, 7) is 6.24. The zero-order chi connectivity index (χ0) is 18.1. The molecule has 25 heavy (non-hydrogen) atoms. The van der Waals surface area contributed by atoms with Crippen LogP contribution in [-0.2, 0) is 15.4 Å². The molecule has 3 rings (SSSR count). The van der Waals surface area contributed by atoms with Crippen LogP contribution in [0.2, 0.25) is 0 Å². The first-order chi connectivity index (χ1) is 11.8. The number of rotatable bonds is 4. The van der Waals surface area contributed by atoms with Crippen molar-refractivity contribution >= 4 is 15.7 Å². The Morgan fingerprint density at radius 1 is 1.00 bits per heavy atom. The first kappa shape index (κ1) is 17.1. The van der Waals surface area contributed by atoms with Crippen LogP contribution in [0.4, 0.5) is 5.69 Å². The third-order valence-corrected chi connectivity index (χ3v) is 5.16. The molecule has 0 aliphatic heterocycles. The molecule has 0 spiro atoms. The second-order valence-corrected chi connectivity index (χ2v) is 8.33. The Balaban J connectivity index is 1.93. The molecule has 7 nitrogen and oxygen atoms in total. The predicted molar refractivity (Wildman–Crippen MR) is 95.1 cm³/mol. The van der Waals surface area contributed by atoms with Gasteiger partial charge in [-0.1, -0.05) is 45.0 Å². The highest BCUT2D eigenvalue weighted by atomic mass is 32.2. The molecule has 1 aromatic heterocycles. The minimum Gasteiger partial charge on any atom is -0.277 e. The van der Waals surface area contributed by atoms with E-state index in [4.69, 9.17) is 0 Å². The van der Waals surface area contributed by atoms with Crippen molar-refractivity contribution in [3.8, 4) is 5.69 Å². The van der Waals surface area contributed by atoms with E-state index in [0.29, 0.717) is 11.4 Å². The van der Waals surface area contributed by atoms with E-state index in [2.05, 4.69) is 41.0 Å². The number of aromatic nitrogens is 4. The van der Waals surface area contributed by atoms with Gasteiger partial charge in [-0.05, 0) is 45.7 Å². The number of para-hydroxylation sites is 2. The van der Waals surface area contributed by atoms with E-state index in [-0.39, 0.29) is 10.3 Å². The summed E-state index contributed by atoms with van der Waals surface area (Å²) in [7, 11) is -3.72. The predicted octanol–water partition coefficient (Wildman–Crippen LogP) is 2.76. The van der Waals surface area contributed by atoms with Crippen molar-refractivity contribution in [2.75, 3.05) is 4.72 Å². The van der Waals surface area contributed by atoms with Crippen LogP contribution in [0.25, 0.3) is 5.69 Å². The zero-order valence-electron chi connectivity index (χ0n) is 14.2. The molecule has 2 aromatic carbocycles. The second-order valence-electron chi connectivity index (χ2n) is 6.65. The van der Waals surface area contributed by atoms with Crippen LogP contribution in [0.15, 0.2) is 59.8 Å². The normalized spacial score (nSPS) is 12.1. The van der Waals surface area contributed by atoms with Crippen molar-refractivity contribution in [1.29, 1.82) is 0 Å². The Labute approximate surface area is 146 Å². The maximum Gasteiger partial charge on any atom is 0.261 e. The minimum absolute atomic E-state index is 0.0393. The van der Waals surface area contributed by atoms with Gasteiger partial charge in [-0.3, -0.25) is 4.72 Å². The molecular weight excluding hydrogens is 338 g/mol. The Morgan fingerprint density at radius 2 is 1.68 bits per heavy atom. The molecule has 0 bridgehead atoms. The molecular formula is C17H19N5O2S. The highest BCUT2D eigenvalue weighted by Gasteiger charge is 2.19. The number of benzene rings is 2. The molecule has 8 heteroatoms. The van der Waals surface area contributed by atoms with Gasteiger partial charge in [0, 0.05) is 0 Å². The van der Waals surface area contributed by atoms with Gasteiger partial charge in [-0.2, -0.15) is 4.68 Å². The summed E-state index contributed by atoms with van der Waals surface area (Å²) < 4.78 is 29.4. The number of anilines is 1. The van der Waals surface area contributed by atoms with E-state index < -0.39 is 10.0 Å². The number of nitrogens with zero attached hydrogens (tertiary/aromatic N) is 4. The third-order valence-electron chi connectivity index (χ3n) is 3.77. The van der Waals surface area contributed by atoms with Gasteiger partial charge in [-0.25, -0.2) is 8.42 Å². The summed E-state index contributed by atoms with van der Waals surface area (Å²) in [4.78, 5) is 0.201. The summed E-state index contributed by atoms with van der Waals surface area (Å²) >= 11 is 0. The van der Waals surface area contributed by atoms with E-state index in [9.17, 15) is 8.42 Å². The lowest BCUT2D eigenvalue weighted by atomic mass is 9.87. The standard InChI is InChI=1S/C17H19N5O2S/c1-17(2,3)13-8-10-14(11-9-13)25(23,24)19-15-6-4-5-7-16(15)22-12-18-20-21-22/h4-12,19H,1-3H3. The van der Waals surface area contributed by atoms with Crippen molar-refractivity contribution < 1.29 is 8.42 Å². The number of tetrazole rings is 1. The summed E-state index contributed by atoms with van der Waals surface area (Å²) in [5, 5.41) is 11.0. The number of hydrogen-bond donors (Lipinski definition) is 1. The van der Waals surface area contributed by atoms with Crippen molar-refractivity contribution in [2.45, 2.75) is 31.1 Å². The van der Waals surface area contributed by atoms with E-state index in [1.54, 1.807) is 36.4 Å². The number of hydrogen-bond acceptors (Lipinski definition) is 5. The Bertz CT molecular complexity index is 959. The Kier molecular flexibility index (Phi) is 4.30. The average molecular weight is 357 g/mol. The molecule has 1 heterocycles. The molecule has 3 aromatic rings. The molecule has 0 atom stereocenters. The van der Waals surface area contributed by atoms with Gasteiger partial charge in [0.2, 0.25) is 0 Å². The van der Waals surface area contributed by atoms with Crippen LogP contribution in [0, 0.1) is 0 Å². The fourth-order valence-electron chi connectivity index (χ4n) is 2.37. The highest BCUT2D eigenvalue weighted by Crippen LogP contribution is 2.26. The van der Waals surface area contributed by atoms with Gasteiger partial charge >= 0.3 is 0 Å². The van der Waals surface area contributed by atoms with Gasteiger partial charge in [0.15, 0.2) is 0 Å². The van der Waals surface area contributed by atoms with Crippen LogP contribution in [0.3, 0.4) is 0 Å². The van der Waals surface area contributed by atoms with Gasteiger partial charge in [0.05, 0.1) is 16.3 Å². The third kappa shape index (κ3) is 3.69. The van der Waals surface area contributed by atoms with Crippen LogP contribution >= 0.6 is 0 Å². The highest BCUT2D eigenvalue weighted by molar-refractivity contribution is 7.92. The van der Waals surface area contributed by atoms with E-state index in [1.807, 2.05) is 12.1 Å². The number of nitrogens with one attached hydrogen (secondary N) is 1. The molecule has 0 aliphatic carbocycles. The van der Waals surface area contributed by atoms with Crippen LogP contribution < -0.4 is 4.72 Å². The molecule has 0 fully saturated rings. The topological polar surface area (TPSA) is 89.8 Å². The number of sulfonamides is 1. The molecule has 0 amide bonds. The maximum absolute atomic E-state index is 12.7. The van der Waals surface area contributed by atoms with Crippen LogP contribution in [0.5, 0.6) is 0 Å². The van der Waals surface area contributed by atoms with Crippen molar-refractivity contribution in [1.82, 2.24) is 20.2 Å². The summed E-state index contributed by atoms with van der Waals surface area (Å²) in [6, 6.07) is 13.8. The smallest absolute Gasteiger partial charge is 0.261 e. The van der Waals surface area contributed by atoms with Crippen molar-refractivity contribution in [3.05, 3.63) is 60.4 Å². The Morgan fingerprint density at radius 3 is 2.28 bits per heavy atom. The first-order valence-corrected chi connectivity index (χ1v) is 9.21. The lowest BCUT2D eigenvalue weighted by Crippen LogP contribution is -2.16. The quantitative estimate of drug-likeness (QED) is 0.775. The van der Waals surface area contributed by atoms with Gasteiger partial charge in [-0.15, -0.1) is 5.10 Å². The average Bonchev–Trinajstić information content (AvgIpc) is 3.09. The molecule has 0 aliphatic rings. The fourth-order valence-corrected chi connectivity index (χ4v) is 3.44. The second kappa shape index (κ2) is 6.29. The van der Waals surface area contributed by atoms with Gasteiger partial charge in [0.1, 0.15) is 6.33 Å². The van der Waals surface area contributed by atoms with Gasteiger partial charge < -0.3 is 0 Å². The summed E-state index contributed by atoms with van der Waals surface area (Å²) in [5.74, 6) is 0. The monoisotopic (exact) mass is 357 g/mol. The molecule has 0 radical (unpaired) electrons. The lowest BCUT2D eigenvalue weighted by molar-refractivity contribution is 0.587. The molecule has 0 saturated heterocycles. The molecule has 1 N–H and O–H groups in total. The first-order valence-electron chi connectivity index (χ1n) is 7.73. The molecule has 0 unspecified atom stereocenters. The van der Waals surface area contributed by atoms with E-state index >= 15 is 0 Å². The van der Waals surface area contributed by atoms with Gasteiger partial charge in [0.25, 0.3) is 10.0 Å². The SMILES string of the molecule is CC(C)(C)c1ccc(S(=O)(=O)Nc2ccccc2-n2cnnn2)cc1.